The molecule has 5 aromatic carbocycles. The Bertz CT molecular complexity index is 1520. The fourth-order valence-electron chi connectivity index (χ4n) is 4.31. The topological polar surface area (TPSA) is 63.2 Å². The van der Waals surface area contributed by atoms with Gasteiger partial charge in [0.1, 0.15) is 0 Å². The van der Waals surface area contributed by atoms with Gasteiger partial charge in [0.25, 0.3) is 5.91 Å². The van der Waals surface area contributed by atoms with Gasteiger partial charge in [-0.3, -0.25) is 14.4 Å². The first kappa shape index (κ1) is 22.2. The molecule has 1 amide bonds. The molecule has 0 atom stereocenters. The predicted molar refractivity (Wildman–Crippen MR) is 151 cm³/mol. The molecule has 0 fully saturated rings. The van der Waals surface area contributed by atoms with Gasteiger partial charge in [-0.2, -0.15) is 0 Å². The molecule has 0 saturated carbocycles. The van der Waals surface area contributed by atoms with E-state index in [1.165, 1.54) is 0 Å². The fourth-order valence-corrected chi connectivity index (χ4v) is 5.19. The average Bonchev–Trinajstić information content (AvgIpc) is 2.85. The minimum Gasteiger partial charge on any atom is -0.322 e. The lowest BCUT2D eigenvalue weighted by Crippen LogP contribution is -2.14. The standard InChI is InChI=1S/C27H17I2NO3/c28-13-23(31)18-10-19(24(32)14-29)12-20(11-18)30-27(33)22-9-7-17-5-4-15-2-1-3-16-6-8-21(22)26(17)25(15)16/h1-12H,13-14H2,(H,30,33). The van der Waals surface area contributed by atoms with Crippen molar-refractivity contribution in [2.75, 3.05) is 14.2 Å². The largest absolute Gasteiger partial charge is 0.322 e. The van der Waals surface area contributed by atoms with Crippen molar-refractivity contribution in [2.24, 2.45) is 0 Å². The van der Waals surface area contributed by atoms with Gasteiger partial charge in [-0.05, 0) is 56.6 Å². The first-order valence-corrected chi connectivity index (χ1v) is 13.4. The van der Waals surface area contributed by atoms with Crippen molar-refractivity contribution < 1.29 is 14.4 Å². The second-order valence-corrected chi connectivity index (χ2v) is 9.36. The summed E-state index contributed by atoms with van der Waals surface area (Å²) in [7, 11) is 0. The quantitative estimate of drug-likeness (QED) is 0.0921. The van der Waals surface area contributed by atoms with Crippen LogP contribution in [-0.4, -0.2) is 26.3 Å². The van der Waals surface area contributed by atoms with E-state index in [0.29, 0.717) is 31.2 Å². The van der Waals surface area contributed by atoms with Gasteiger partial charge in [-0.1, -0.05) is 93.7 Å². The van der Waals surface area contributed by atoms with Gasteiger partial charge >= 0.3 is 0 Å². The molecule has 0 aromatic heterocycles. The molecule has 0 aliphatic heterocycles. The highest BCUT2D eigenvalue weighted by Gasteiger charge is 2.17. The van der Waals surface area contributed by atoms with Crippen molar-refractivity contribution in [3.63, 3.8) is 0 Å². The number of hydrogen-bond acceptors (Lipinski definition) is 3. The summed E-state index contributed by atoms with van der Waals surface area (Å²) < 4.78 is 0.587. The van der Waals surface area contributed by atoms with E-state index in [0.717, 1.165) is 32.3 Å². The number of hydrogen-bond donors (Lipinski definition) is 1. The molecule has 0 spiro atoms. The third-order valence-corrected chi connectivity index (χ3v) is 7.24. The molecule has 1 N–H and O–H groups in total. The highest BCUT2D eigenvalue weighted by molar-refractivity contribution is 14.1. The number of carbonyl (C=O) groups is 3. The first-order chi connectivity index (χ1) is 16.0. The Labute approximate surface area is 217 Å². The molecule has 0 heterocycles. The zero-order valence-electron chi connectivity index (χ0n) is 17.3. The molecular formula is C27H17I2NO3. The minimum atomic E-state index is -0.278. The Hall–Kier alpha value is -2.59. The molecule has 4 nitrogen and oxygen atoms in total. The molecule has 5 rings (SSSR count). The van der Waals surface area contributed by atoms with Crippen molar-refractivity contribution in [1.82, 2.24) is 0 Å². The SMILES string of the molecule is O=C(CI)c1cc(NC(=O)c2ccc3ccc4cccc5ccc2c3c45)cc(C(=O)CI)c1. The van der Waals surface area contributed by atoms with Crippen LogP contribution in [0.3, 0.4) is 0 Å². The number of amides is 1. The lowest BCUT2D eigenvalue weighted by Gasteiger charge is -2.14. The van der Waals surface area contributed by atoms with Crippen molar-refractivity contribution in [3.05, 3.63) is 89.5 Å². The summed E-state index contributed by atoms with van der Waals surface area (Å²) in [4.78, 5) is 38.0. The molecule has 0 aliphatic carbocycles. The summed E-state index contributed by atoms with van der Waals surface area (Å²) in [5.41, 5.74) is 1.83. The van der Waals surface area contributed by atoms with Crippen LogP contribution in [-0.2, 0) is 0 Å². The number of ketones is 2. The second-order valence-electron chi connectivity index (χ2n) is 7.84. The van der Waals surface area contributed by atoms with Gasteiger partial charge in [-0.15, -0.1) is 0 Å². The predicted octanol–water partition coefficient (Wildman–Crippen LogP) is 7.07. The van der Waals surface area contributed by atoms with Gasteiger partial charge in [-0.25, -0.2) is 0 Å². The van der Waals surface area contributed by atoms with Crippen LogP contribution in [0, 0.1) is 0 Å². The smallest absolute Gasteiger partial charge is 0.256 e. The van der Waals surface area contributed by atoms with Gasteiger partial charge in [0.2, 0.25) is 0 Å². The molecule has 0 saturated heterocycles. The van der Waals surface area contributed by atoms with E-state index >= 15 is 0 Å². The van der Waals surface area contributed by atoms with Crippen LogP contribution < -0.4 is 5.32 Å². The van der Waals surface area contributed by atoms with Crippen LogP contribution >= 0.6 is 45.2 Å². The lowest BCUT2D eigenvalue weighted by molar-refractivity contribution is 0.101. The summed E-state index contributed by atoms with van der Waals surface area (Å²) >= 11 is 4.00. The fraction of sp³-hybridized carbons (Fsp3) is 0.0741. The molecule has 0 aliphatic rings. The maximum absolute atomic E-state index is 13.4. The molecular weight excluding hydrogens is 640 g/mol. The molecule has 33 heavy (non-hydrogen) atoms. The number of nitrogens with one attached hydrogen (secondary N) is 1. The van der Waals surface area contributed by atoms with Gasteiger partial charge in [0, 0.05) is 22.4 Å². The third-order valence-electron chi connectivity index (χ3n) is 5.85. The number of anilines is 1. The van der Waals surface area contributed by atoms with Gasteiger partial charge in [0.05, 0.1) is 8.86 Å². The molecule has 0 bridgehead atoms. The van der Waals surface area contributed by atoms with Crippen molar-refractivity contribution >= 4 is 101 Å². The minimum absolute atomic E-state index is 0.0862. The average molecular weight is 657 g/mol. The van der Waals surface area contributed by atoms with E-state index < -0.39 is 0 Å². The number of alkyl halides is 2. The van der Waals surface area contributed by atoms with Gasteiger partial charge < -0.3 is 5.32 Å². The van der Waals surface area contributed by atoms with Crippen molar-refractivity contribution in [1.29, 1.82) is 0 Å². The summed E-state index contributed by atoms with van der Waals surface area (Å²) in [6, 6.07) is 23.1. The maximum Gasteiger partial charge on any atom is 0.256 e. The molecule has 0 radical (unpaired) electrons. The number of carbonyl (C=O) groups excluding carboxylic acids is 3. The zero-order chi connectivity index (χ0) is 23.1. The number of benzene rings is 5. The van der Waals surface area contributed by atoms with Crippen molar-refractivity contribution in [2.45, 2.75) is 0 Å². The van der Waals surface area contributed by atoms with Crippen LogP contribution in [0.5, 0.6) is 0 Å². The van der Waals surface area contributed by atoms with Crippen LogP contribution in [0.2, 0.25) is 0 Å². The highest BCUT2D eigenvalue weighted by atomic mass is 127. The van der Waals surface area contributed by atoms with Crippen LogP contribution in [0.15, 0.2) is 72.8 Å². The Balaban J connectivity index is 1.61. The summed E-state index contributed by atoms with van der Waals surface area (Å²) in [5.74, 6) is -0.450. The van der Waals surface area contributed by atoms with E-state index in [1.54, 1.807) is 18.2 Å². The highest BCUT2D eigenvalue weighted by Crippen LogP contribution is 2.36. The Kier molecular flexibility index (Phi) is 6.05. The van der Waals surface area contributed by atoms with Gasteiger partial charge in [0.15, 0.2) is 11.6 Å². The lowest BCUT2D eigenvalue weighted by atomic mass is 9.92. The van der Waals surface area contributed by atoms with E-state index in [-0.39, 0.29) is 17.5 Å². The second kappa shape index (κ2) is 8.98. The van der Waals surface area contributed by atoms with E-state index in [2.05, 4.69) is 29.6 Å². The molecule has 6 heteroatoms. The molecule has 5 aromatic rings. The molecule has 162 valence electrons. The zero-order valence-corrected chi connectivity index (χ0v) is 21.6. The number of Topliss-reactive ketones (excluding diaryl/α,β-unsaturated/α-hetero) is 2. The Morgan fingerprint density at radius 1 is 0.667 bits per heavy atom. The van der Waals surface area contributed by atoms with Crippen LogP contribution in [0.4, 0.5) is 5.69 Å². The van der Waals surface area contributed by atoms with Crippen molar-refractivity contribution in [3.8, 4) is 0 Å². The molecule has 0 unspecified atom stereocenters. The summed E-state index contributed by atoms with van der Waals surface area (Å²) in [5, 5.41) is 9.35. The normalized spacial score (nSPS) is 11.3. The first-order valence-electron chi connectivity index (χ1n) is 10.3. The van der Waals surface area contributed by atoms with E-state index in [1.807, 2.05) is 75.5 Å². The number of rotatable bonds is 6. The summed E-state index contributed by atoms with van der Waals surface area (Å²) in [6.07, 6.45) is 0. The summed E-state index contributed by atoms with van der Waals surface area (Å²) in [6.45, 7) is 0. The third kappa shape index (κ3) is 3.99. The van der Waals surface area contributed by atoms with E-state index in [9.17, 15) is 14.4 Å². The van der Waals surface area contributed by atoms with E-state index in [4.69, 9.17) is 0 Å². The monoisotopic (exact) mass is 657 g/mol. The Morgan fingerprint density at radius 3 is 1.82 bits per heavy atom. The maximum atomic E-state index is 13.4. The van der Waals surface area contributed by atoms with Crippen LogP contribution in [0.1, 0.15) is 31.1 Å². The van der Waals surface area contributed by atoms with Crippen LogP contribution in [0.25, 0.3) is 32.3 Å². The number of halogens is 2. The Morgan fingerprint density at radius 2 is 1.21 bits per heavy atom.